The van der Waals surface area contributed by atoms with E-state index in [1.54, 1.807) is 49.2 Å². The zero-order valence-electron chi connectivity index (χ0n) is 15.0. The highest BCUT2D eigenvalue weighted by atomic mass is 35.5. The molecule has 2 amide bonds. The molecule has 7 heteroatoms. The molecule has 140 valence electrons. The Bertz CT molecular complexity index is 928. The molecule has 1 aliphatic rings. The number of aromatic carboxylic acids is 1. The first kappa shape index (κ1) is 18.9. The first-order valence-electron chi connectivity index (χ1n) is 8.47. The second-order valence-corrected chi connectivity index (χ2v) is 6.96. The summed E-state index contributed by atoms with van der Waals surface area (Å²) in [6.45, 7) is 2.18. The van der Waals surface area contributed by atoms with E-state index in [1.165, 1.54) is 17.0 Å². The van der Waals surface area contributed by atoms with Gasteiger partial charge in [-0.15, -0.1) is 0 Å². The number of anilines is 1. The van der Waals surface area contributed by atoms with Gasteiger partial charge in [0.2, 0.25) is 5.91 Å². The van der Waals surface area contributed by atoms with Crippen molar-refractivity contribution in [3.63, 3.8) is 0 Å². The third-order valence-electron chi connectivity index (χ3n) is 4.68. The summed E-state index contributed by atoms with van der Waals surface area (Å²) in [7, 11) is 1.56. The van der Waals surface area contributed by atoms with Gasteiger partial charge in [-0.25, -0.2) is 4.79 Å². The van der Waals surface area contributed by atoms with Crippen molar-refractivity contribution in [1.82, 2.24) is 4.90 Å². The number of amides is 2. The number of likely N-dealkylation sites (N-methyl/N-ethyl adjacent to an activating group) is 1. The molecule has 27 heavy (non-hydrogen) atoms. The molecule has 2 aromatic rings. The number of nitrogens with zero attached hydrogens (tertiary/aromatic N) is 2. The summed E-state index contributed by atoms with van der Waals surface area (Å²) in [5.74, 6) is -1.69. The van der Waals surface area contributed by atoms with Gasteiger partial charge in [0.05, 0.1) is 16.3 Å². The molecule has 0 saturated carbocycles. The average Bonchev–Trinajstić information content (AvgIpc) is 3.01. The fraction of sp³-hybridized carbons (Fsp3) is 0.250. The highest BCUT2D eigenvalue weighted by Gasteiger charge is 2.38. The quantitative estimate of drug-likeness (QED) is 0.875. The van der Waals surface area contributed by atoms with Crippen LogP contribution in [0.1, 0.15) is 32.7 Å². The number of para-hydroxylation sites is 1. The van der Waals surface area contributed by atoms with Gasteiger partial charge >= 0.3 is 5.97 Å². The Labute approximate surface area is 162 Å². The fourth-order valence-corrected chi connectivity index (χ4v) is 3.55. The molecule has 0 spiro atoms. The Morgan fingerprint density at radius 2 is 1.85 bits per heavy atom. The van der Waals surface area contributed by atoms with Crippen molar-refractivity contribution in [2.24, 2.45) is 0 Å². The van der Waals surface area contributed by atoms with Gasteiger partial charge in [0.1, 0.15) is 6.04 Å². The standard InChI is InChI=1S/C20H19ClN2O4/c1-12-9-13(11-14(10-12)20(26)27)18(24)22(2)17-7-8-23(19(17)25)16-6-4-3-5-15(16)21/h3-6,9-11,17H,7-8H2,1-2H3,(H,26,27). The topological polar surface area (TPSA) is 77.9 Å². The molecule has 0 radical (unpaired) electrons. The Morgan fingerprint density at radius 1 is 1.19 bits per heavy atom. The lowest BCUT2D eigenvalue weighted by Crippen LogP contribution is -2.43. The van der Waals surface area contributed by atoms with Crippen LogP contribution in [0, 0.1) is 6.92 Å². The number of benzene rings is 2. The van der Waals surface area contributed by atoms with E-state index in [0.717, 1.165) is 0 Å². The minimum Gasteiger partial charge on any atom is -0.478 e. The van der Waals surface area contributed by atoms with E-state index < -0.39 is 12.0 Å². The molecular weight excluding hydrogens is 368 g/mol. The molecule has 1 heterocycles. The van der Waals surface area contributed by atoms with Crippen LogP contribution >= 0.6 is 11.6 Å². The van der Waals surface area contributed by atoms with Gasteiger partial charge in [0, 0.05) is 19.2 Å². The summed E-state index contributed by atoms with van der Waals surface area (Å²) in [5, 5.41) is 9.67. The number of hydrogen-bond acceptors (Lipinski definition) is 3. The summed E-state index contributed by atoms with van der Waals surface area (Å²) in [4.78, 5) is 39.9. The van der Waals surface area contributed by atoms with E-state index in [9.17, 15) is 19.5 Å². The lowest BCUT2D eigenvalue weighted by atomic mass is 10.0. The zero-order chi connectivity index (χ0) is 19.7. The number of carbonyl (C=O) groups excluding carboxylic acids is 2. The molecule has 1 aliphatic heterocycles. The smallest absolute Gasteiger partial charge is 0.335 e. The summed E-state index contributed by atoms with van der Waals surface area (Å²) in [5.41, 5.74) is 1.58. The predicted octanol–water partition coefficient (Wildman–Crippen LogP) is 3.22. The molecule has 2 aromatic carbocycles. The molecule has 1 N–H and O–H groups in total. The second-order valence-electron chi connectivity index (χ2n) is 6.55. The van der Waals surface area contributed by atoms with E-state index >= 15 is 0 Å². The molecule has 1 atom stereocenters. The van der Waals surface area contributed by atoms with Crippen molar-refractivity contribution in [1.29, 1.82) is 0 Å². The monoisotopic (exact) mass is 386 g/mol. The van der Waals surface area contributed by atoms with E-state index in [-0.39, 0.29) is 22.9 Å². The van der Waals surface area contributed by atoms with Crippen LogP contribution in [0.25, 0.3) is 0 Å². The minimum absolute atomic E-state index is 0.0437. The van der Waals surface area contributed by atoms with Gasteiger partial charge in [0.15, 0.2) is 0 Å². The lowest BCUT2D eigenvalue weighted by Gasteiger charge is -2.24. The zero-order valence-corrected chi connectivity index (χ0v) is 15.7. The molecule has 6 nitrogen and oxygen atoms in total. The maximum atomic E-state index is 12.9. The van der Waals surface area contributed by atoms with Crippen LogP contribution in [0.3, 0.4) is 0 Å². The SMILES string of the molecule is Cc1cc(C(=O)O)cc(C(=O)N(C)C2CCN(c3ccccc3Cl)C2=O)c1. The molecule has 0 bridgehead atoms. The van der Waals surface area contributed by atoms with Crippen LogP contribution < -0.4 is 4.90 Å². The Hall–Kier alpha value is -2.86. The van der Waals surface area contributed by atoms with E-state index in [4.69, 9.17) is 11.6 Å². The second kappa shape index (κ2) is 7.40. The third kappa shape index (κ3) is 3.66. The van der Waals surface area contributed by atoms with Crippen molar-refractivity contribution in [2.75, 3.05) is 18.5 Å². The minimum atomic E-state index is -1.10. The van der Waals surface area contributed by atoms with Crippen LogP contribution in [0.2, 0.25) is 5.02 Å². The normalized spacial score (nSPS) is 16.5. The third-order valence-corrected chi connectivity index (χ3v) is 5.00. The number of carbonyl (C=O) groups is 3. The Morgan fingerprint density at radius 3 is 2.52 bits per heavy atom. The van der Waals surface area contributed by atoms with Crippen molar-refractivity contribution in [2.45, 2.75) is 19.4 Å². The summed E-state index contributed by atoms with van der Waals surface area (Å²) in [6, 6.07) is 10.9. The summed E-state index contributed by atoms with van der Waals surface area (Å²) < 4.78 is 0. The van der Waals surface area contributed by atoms with Crippen molar-refractivity contribution in [3.8, 4) is 0 Å². The van der Waals surface area contributed by atoms with Gasteiger partial charge in [-0.2, -0.15) is 0 Å². The first-order chi connectivity index (χ1) is 12.8. The molecule has 1 fully saturated rings. The maximum absolute atomic E-state index is 12.9. The van der Waals surface area contributed by atoms with Gasteiger partial charge < -0.3 is 14.9 Å². The molecule has 0 aromatic heterocycles. The van der Waals surface area contributed by atoms with E-state index in [0.29, 0.717) is 29.2 Å². The molecular formula is C20H19ClN2O4. The van der Waals surface area contributed by atoms with Gasteiger partial charge in [-0.05, 0) is 49.2 Å². The van der Waals surface area contributed by atoms with E-state index in [2.05, 4.69) is 0 Å². The van der Waals surface area contributed by atoms with Crippen LogP contribution in [-0.4, -0.2) is 47.4 Å². The predicted molar refractivity (Wildman–Crippen MR) is 102 cm³/mol. The number of hydrogen-bond donors (Lipinski definition) is 1. The molecule has 1 saturated heterocycles. The van der Waals surface area contributed by atoms with Crippen LogP contribution in [-0.2, 0) is 4.79 Å². The summed E-state index contributed by atoms with van der Waals surface area (Å²) >= 11 is 6.19. The fourth-order valence-electron chi connectivity index (χ4n) is 3.31. The van der Waals surface area contributed by atoms with Crippen molar-refractivity contribution < 1.29 is 19.5 Å². The van der Waals surface area contributed by atoms with Gasteiger partial charge in [0.25, 0.3) is 5.91 Å². The number of carboxylic acids is 1. The number of rotatable bonds is 4. The molecule has 0 aliphatic carbocycles. The largest absolute Gasteiger partial charge is 0.478 e. The maximum Gasteiger partial charge on any atom is 0.335 e. The summed E-state index contributed by atoms with van der Waals surface area (Å²) in [6.07, 6.45) is 0.476. The van der Waals surface area contributed by atoms with Gasteiger partial charge in [-0.1, -0.05) is 23.7 Å². The molecule has 1 unspecified atom stereocenters. The Kier molecular flexibility index (Phi) is 5.19. The van der Waals surface area contributed by atoms with Crippen LogP contribution in [0.15, 0.2) is 42.5 Å². The number of halogens is 1. The van der Waals surface area contributed by atoms with Crippen LogP contribution in [0.5, 0.6) is 0 Å². The highest BCUT2D eigenvalue weighted by molar-refractivity contribution is 6.34. The average molecular weight is 387 g/mol. The van der Waals surface area contributed by atoms with Gasteiger partial charge in [-0.3, -0.25) is 9.59 Å². The van der Waals surface area contributed by atoms with Crippen LogP contribution in [0.4, 0.5) is 5.69 Å². The number of aryl methyl sites for hydroxylation is 1. The van der Waals surface area contributed by atoms with E-state index in [1.807, 2.05) is 0 Å². The Balaban J connectivity index is 1.83. The first-order valence-corrected chi connectivity index (χ1v) is 8.85. The lowest BCUT2D eigenvalue weighted by molar-refractivity contribution is -0.120. The highest BCUT2D eigenvalue weighted by Crippen LogP contribution is 2.30. The number of carboxylic acid groups (broad SMARTS) is 1. The van der Waals surface area contributed by atoms with Crippen molar-refractivity contribution in [3.05, 3.63) is 64.2 Å². The molecule has 3 rings (SSSR count). The van der Waals surface area contributed by atoms with Crippen molar-refractivity contribution >= 4 is 35.1 Å².